The van der Waals surface area contributed by atoms with E-state index < -0.39 is 21.9 Å². The molecule has 2 amide bonds. The van der Waals surface area contributed by atoms with E-state index in [4.69, 9.17) is 0 Å². The molecule has 0 aromatic heterocycles. The molecule has 7 heteroatoms. The zero-order valence-corrected chi connectivity index (χ0v) is 13.2. The summed E-state index contributed by atoms with van der Waals surface area (Å²) in [6.45, 7) is 5.54. The quantitative estimate of drug-likeness (QED) is 0.734. The van der Waals surface area contributed by atoms with E-state index >= 15 is 0 Å². The number of sulfone groups is 1. The zero-order chi connectivity index (χ0) is 15.3. The predicted octanol–water partition coefficient (Wildman–Crippen LogP) is 0.327. The Morgan fingerprint density at radius 2 is 1.75 bits per heavy atom. The Morgan fingerprint density at radius 1 is 1.10 bits per heavy atom. The molecule has 2 unspecified atom stereocenters. The minimum atomic E-state index is -3.15. The summed E-state index contributed by atoms with van der Waals surface area (Å²) in [6, 6.07) is -1.08. The SMILES string of the molecule is CCCS(=O)(=O)CCN1C(=O)C(CC)NC(=O)C1CC. The number of hydrogen-bond donors (Lipinski definition) is 1. The first kappa shape index (κ1) is 16.9. The van der Waals surface area contributed by atoms with Crippen molar-refractivity contribution in [1.82, 2.24) is 10.2 Å². The van der Waals surface area contributed by atoms with E-state index in [2.05, 4.69) is 5.32 Å². The molecule has 0 radical (unpaired) electrons. The second kappa shape index (κ2) is 7.06. The van der Waals surface area contributed by atoms with E-state index in [1.807, 2.05) is 13.8 Å². The fraction of sp³-hybridized carbons (Fsp3) is 0.846. The van der Waals surface area contributed by atoms with Crippen LogP contribution in [0.25, 0.3) is 0 Å². The Labute approximate surface area is 120 Å². The Morgan fingerprint density at radius 3 is 2.25 bits per heavy atom. The van der Waals surface area contributed by atoms with Crippen LogP contribution in [-0.2, 0) is 19.4 Å². The minimum absolute atomic E-state index is 0.0766. The highest BCUT2D eigenvalue weighted by Crippen LogP contribution is 2.15. The molecule has 1 rings (SSSR count). The van der Waals surface area contributed by atoms with Gasteiger partial charge in [-0.1, -0.05) is 20.8 Å². The number of rotatable bonds is 7. The van der Waals surface area contributed by atoms with Crippen molar-refractivity contribution >= 4 is 21.7 Å². The van der Waals surface area contributed by atoms with Crippen molar-refractivity contribution in [1.29, 1.82) is 0 Å². The third-order valence-electron chi connectivity index (χ3n) is 3.53. The van der Waals surface area contributed by atoms with Gasteiger partial charge in [-0.05, 0) is 19.3 Å². The van der Waals surface area contributed by atoms with Crippen LogP contribution in [0, 0.1) is 0 Å². The number of hydrogen-bond acceptors (Lipinski definition) is 4. The molecular weight excluding hydrogens is 280 g/mol. The Hall–Kier alpha value is -1.11. The van der Waals surface area contributed by atoms with E-state index in [1.165, 1.54) is 4.90 Å². The van der Waals surface area contributed by atoms with Crippen molar-refractivity contribution in [3.05, 3.63) is 0 Å². The Balaban J connectivity index is 2.82. The lowest BCUT2D eigenvalue weighted by Crippen LogP contribution is -2.63. The molecule has 1 fully saturated rings. The van der Waals surface area contributed by atoms with Crippen molar-refractivity contribution in [2.24, 2.45) is 0 Å². The van der Waals surface area contributed by atoms with Gasteiger partial charge in [0.1, 0.15) is 12.1 Å². The third kappa shape index (κ3) is 3.94. The van der Waals surface area contributed by atoms with Crippen LogP contribution in [-0.4, -0.2) is 55.3 Å². The van der Waals surface area contributed by atoms with Gasteiger partial charge in [-0.15, -0.1) is 0 Å². The van der Waals surface area contributed by atoms with Crippen LogP contribution in [0.3, 0.4) is 0 Å². The van der Waals surface area contributed by atoms with Gasteiger partial charge in [0.2, 0.25) is 11.8 Å². The molecule has 1 saturated heterocycles. The summed E-state index contributed by atoms with van der Waals surface area (Å²) in [5, 5.41) is 2.69. The van der Waals surface area contributed by atoms with Gasteiger partial charge in [0.15, 0.2) is 9.84 Å². The van der Waals surface area contributed by atoms with E-state index in [1.54, 1.807) is 6.92 Å². The summed E-state index contributed by atoms with van der Waals surface area (Å²) in [5.74, 6) is -0.320. The van der Waals surface area contributed by atoms with Crippen molar-refractivity contribution < 1.29 is 18.0 Å². The normalized spacial score (nSPS) is 23.9. The van der Waals surface area contributed by atoms with Crippen LogP contribution in [0.2, 0.25) is 0 Å². The number of carbonyl (C=O) groups is 2. The van der Waals surface area contributed by atoms with Gasteiger partial charge in [0.25, 0.3) is 0 Å². The molecular formula is C13H24N2O4S. The molecule has 0 spiro atoms. The lowest BCUT2D eigenvalue weighted by molar-refractivity contribution is -0.149. The van der Waals surface area contributed by atoms with Gasteiger partial charge in [0.05, 0.1) is 5.75 Å². The second-order valence-electron chi connectivity index (χ2n) is 5.08. The largest absolute Gasteiger partial charge is 0.343 e. The summed E-state index contributed by atoms with van der Waals surface area (Å²) in [5.41, 5.74) is 0. The van der Waals surface area contributed by atoms with Crippen LogP contribution < -0.4 is 5.32 Å². The average Bonchev–Trinajstić information content (AvgIpc) is 2.38. The van der Waals surface area contributed by atoms with Crippen molar-refractivity contribution in [2.75, 3.05) is 18.1 Å². The summed E-state index contributed by atoms with van der Waals surface area (Å²) in [7, 11) is -3.15. The predicted molar refractivity (Wildman–Crippen MR) is 77.0 cm³/mol. The van der Waals surface area contributed by atoms with Gasteiger partial charge >= 0.3 is 0 Å². The average molecular weight is 304 g/mol. The fourth-order valence-corrected chi connectivity index (χ4v) is 3.72. The standard InChI is InChI=1S/C13H24N2O4S/c1-4-8-20(18,19)9-7-15-11(6-3)12(16)14-10(5-2)13(15)17/h10-11H,4-9H2,1-3H3,(H,14,16). The lowest BCUT2D eigenvalue weighted by Gasteiger charge is -2.38. The van der Waals surface area contributed by atoms with E-state index in [0.29, 0.717) is 19.3 Å². The van der Waals surface area contributed by atoms with Gasteiger partial charge < -0.3 is 10.2 Å². The third-order valence-corrected chi connectivity index (χ3v) is 5.36. The molecule has 2 atom stereocenters. The molecule has 0 aliphatic carbocycles. The summed E-state index contributed by atoms with van der Waals surface area (Å²) in [6.07, 6.45) is 1.56. The molecule has 20 heavy (non-hydrogen) atoms. The van der Waals surface area contributed by atoms with Crippen LogP contribution >= 0.6 is 0 Å². The number of amides is 2. The number of carbonyl (C=O) groups excluding carboxylic acids is 2. The molecule has 0 saturated carbocycles. The smallest absolute Gasteiger partial charge is 0.245 e. The van der Waals surface area contributed by atoms with Crippen molar-refractivity contribution in [3.63, 3.8) is 0 Å². The molecule has 6 nitrogen and oxygen atoms in total. The maximum absolute atomic E-state index is 12.3. The van der Waals surface area contributed by atoms with Crippen molar-refractivity contribution in [3.8, 4) is 0 Å². The fourth-order valence-electron chi connectivity index (χ4n) is 2.42. The van der Waals surface area contributed by atoms with Gasteiger partial charge in [0, 0.05) is 12.3 Å². The summed E-state index contributed by atoms with van der Waals surface area (Å²) >= 11 is 0. The molecule has 1 heterocycles. The lowest BCUT2D eigenvalue weighted by atomic mass is 10.0. The molecule has 1 N–H and O–H groups in total. The number of piperazine rings is 1. The van der Waals surface area contributed by atoms with Crippen LogP contribution in [0.1, 0.15) is 40.0 Å². The molecule has 1 aliphatic heterocycles. The van der Waals surface area contributed by atoms with Crippen LogP contribution in [0.4, 0.5) is 0 Å². The highest BCUT2D eigenvalue weighted by Gasteiger charge is 2.38. The van der Waals surface area contributed by atoms with E-state index in [9.17, 15) is 18.0 Å². The van der Waals surface area contributed by atoms with Gasteiger partial charge in [-0.2, -0.15) is 0 Å². The Bertz CT molecular complexity index is 461. The summed E-state index contributed by atoms with van der Waals surface area (Å²) in [4.78, 5) is 25.6. The minimum Gasteiger partial charge on any atom is -0.343 e. The maximum atomic E-state index is 12.3. The molecule has 0 aromatic carbocycles. The van der Waals surface area contributed by atoms with E-state index in [-0.39, 0.29) is 29.9 Å². The Kier molecular flexibility index (Phi) is 5.98. The molecule has 116 valence electrons. The van der Waals surface area contributed by atoms with Gasteiger partial charge in [-0.25, -0.2) is 8.42 Å². The monoisotopic (exact) mass is 304 g/mol. The van der Waals surface area contributed by atoms with Crippen LogP contribution in [0.5, 0.6) is 0 Å². The van der Waals surface area contributed by atoms with Crippen molar-refractivity contribution in [2.45, 2.75) is 52.1 Å². The first-order chi connectivity index (χ1) is 9.36. The highest BCUT2D eigenvalue weighted by atomic mass is 32.2. The first-order valence-electron chi connectivity index (χ1n) is 7.17. The topological polar surface area (TPSA) is 83.6 Å². The first-order valence-corrected chi connectivity index (χ1v) is 8.99. The number of nitrogens with zero attached hydrogens (tertiary/aromatic N) is 1. The second-order valence-corrected chi connectivity index (χ2v) is 7.38. The highest BCUT2D eigenvalue weighted by molar-refractivity contribution is 7.91. The molecule has 0 aromatic rings. The van der Waals surface area contributed by atoms with Gasteiger partial charge in [-0.3, -0.25) is 9.59 Å². The number of nitrogens with one attached hydrogen (secondary N) is 1. The molecule has 1 aliphatic rings. The van der Waals surface area contributed by atoms with E-state index in [0.717, 1.165) is 0 Å². The zero-order valence-electron chi connectivity index (χ0n) is 12.4. The summed E-state index contributed by atoms with van der Waals surface area (Å²) < 4.78 is 23.5. The maximum Gasteiger partial charge on any atom is 0.245 e. The molecule has 0 bridgehead atoms. The van der Waals surface area contributed by atoms with Crippen LogP contribution in [0.15, 0.2) is 0 Å².